The molecule has 1 aromatic heterocycles. The van der Waals surface area contributed by atoms with Crippen LogP contribution in [0.1, 0.15) is 75.9 Å². The van der Waals surface area contributed by atoms with E-state index in [2.05, 4.69) is 9.97 Å². The summed E-state index contributed by atoms with van der Waals surface area (Å²) in [6.45, 7) is 4.87. The highest BCUT2D eigenvalue weighted by molar-refractivity contribution is 5.83. The zero-order chi connectivity index (χ0) is 16.2. The Balaban J connectivity index is 1.58. The van der Waals surface area contributed by atoms with Crippen LogP contribution in [0.15, 0.2) is 10.9 Å². The topological polar surface area (TPSA) is 66.1 Å². The fourth-order valence-electron chi connectivity index (χ4n) is 4.34. The molecule has 2 atom stereocenters. The minimum atomic E-state index is -0.111. The van der Waals surface area contributed by atoms with E-state index in [1.807, 2.05) is 18.7 Å². The molecule has 1 aromatic rings. The Kier molecular flexibility index (Phi) is 3.36. The van der Waals surface area contributed by atoms with Crippen molar-refractivity contribution in [1.29, 1.82) is 0 Å². The fourth-order valence-corrected chi connectivity index (χ4v) is 4.34. The molecular formula is C18H25N3O2. The molecule has 3 aliphatic rings. The van der Waals surface area contributed by atoms with Gasteiger partial charge in [0, 0.05) is 18.5 Å². The summed E-state index contributed by atoms with van der Waals surface area (Å²) in [5.41, 5.74) is 1.05. The molecule has 0 unspecified atom stereocenters. The average molecular weight is 315 g/mol. The molecule has 3 fully saturated rings. The number of carbonyl (C=O) groups is 1. The second-order valence-corrected chi connectivity index (χ2v) is 7.87. The SMILES string of the molecule is CC(C)c1cc(=O)[nH]c([C@@H]2CCCN2C(=O)[C@H]2CC23CCC3)n1. The van der Waals surface area contributed by atoms with Crippen LogP contribution in [0.4, 0.5) is 0 Å². The van der Waals surface area contributed by atoms with E-state index in [0.717, 1.165) is 31.5 Å². The van der Waals surface area contributed by atoms with Crippen LogP contribution in [0.25, 0.3) is 0 Å². The van der Waals surface area contributed by atoms with E-state index in [-0.39, 0.29) is 23.4 Å². The summed E-state index contributed by atoms with van der Waals surface area (Å²) in [6, 6.07) is 1.52. The van der Waals surface area contributed by atoms with Gasteiger partial charge in [-0.25, -0.2) is 4.98 Å². The predicted molar refractivity (Wildman–Crippen MR) is 87.0 cm³/mol. The Bertz CT molecular complexity index is 690. The quantitative estimate of drug-likeness (QED) is 0.932. The van der Waals surface area contributed by atoms with Gasteiger partial charge in [-0.3, -0.25) is 9.59 Å². The van der Waals surface area contributed by atoms with Gasteiger partial charge in [-0.05, 0) is 43.4 Å². The first-order chi connectivity index (χ1) is 11.0. The van der Waals surface area contributed by atoms with Gasteiger partial charge in [-0.2, -0.15) is 0 Å². The summed E-state index contributed by atoms with van der Waals surface area (Å²) in [4.78, 5) is 34.4. The minimum absolute atomic E-state index is 0.0494. The molecule has 5 nitrogen and oxygen atoms in total. The van der Waals surface area contributed by atoms with Crippen molar-refractivity contribution < 1.29 is 4.79 Å². The number of nitrogens with one attached hydrogen (secondary N) is 1. The largest absolute Gasteiger partial charge is 0.332 e. The van der Waals surface area contributed by atoms with Gasteiger partial charge >= 0.3 is 0 Å². The molecule has 1 saturated heterocycles. The Morgan fingerprint density at radius 2 is 2.17 bits per heavy atom. The van der Waals surface area contributed by atoms with Crippen LogP contribution >= 0.6 is 0 Å². The van der Waals surface area contributed by atoms with E-state index in [1.54, 1.807) is 6.07 Å². The molecule has 2 heterocycles. The molecule has 1 amide bonds. The molecule has 2 saturated carbocycles. The number of aromatic amines is 1. The molecule has 0 bridgehead atoms. The molecule has 5 heteroatoms. The Morgan fingerprint density at radius 1 is 1.39 bits per heavy atom. The zero-order valence-corrected chi connectivity index (χ0v) is 14.0. The molecule has 1 N–H and O–H groups in total. The first-order valence-corrected chi connectivity index (χ1v) is 8.92. The molecule has 2 aliphatic carbocycles. The number of H-pyrrole nitrogens is 1. The van der Waals surface area contributed by atoms with Crippen LogP contribution in [0.3, 0.4) is 0 Å². The van der Waals surface area contributed by atoms with Crippen molar-refractivity contribution in [1.82, 2.24) is 14.9 Å². The van der Waals surface area contributed by atoms with E-state index in [9.17, 15) is 9.59 Å². The summed E-state index contributed by atoms with van der Waals surface area (Å²) in [5, 5.41) is 0. The van der Waals surface area contributed by atoms with Gasteiger partial charge in [-0.15, -0.1) is 0 Å². The highest BCUT2D eigenvalue weighted by Gasteiger charge is 2.62. The number of nitrogens with zero attached hydrogens (tertiary/aromatic N) is 2. The number of likely N-dealkylation sites (tertiary alicyclic amines) is 1. The van der Waals surface area contributed by atoms with Crippen LogP contribution in [-0.4, -0.2) is 27.3 Å². The van der Waals surface area contributed by atoms with Crippen molar-refractivity contribution in [3.05, 3.63) is 27.9 Å². The summed E-state index contributed by atoms with van der Waals surface area (Å²) in [7, 11) is 0. The number of carbonyl (C=O) groups excluding carboxylic acids is 1. The fraction of sp³-hybridized carbons (Fsp3) is 0.722. The lowest BCUT2D eigenvalue weighted by Gasteiger charge is -2.30. The van der Waals surface area contributed by atoms with Crippen LogP contribution < -0.4 is 5.56 Å². The van der Waals surface area contributed by atoms with Crippen molar-refractivity contribution in [3.8, 4) is 0 Å². The lowest BCUT2D eigenvalue weighted by molar-refractivity contribution is -0.135. The summed E-state index contributed by atoms with van der Waals surface area (Å²) in [5.74, 6) is 1.42. The maximum Gasteiger partial charge on any atom is 0.251 e. The van der Waals surface area contributed by atoms with Gasteiger partial charge < -0.3 is 9.88 Å². The van der Waals surface area contributed by atoms with Crippen LogP contribution in [0, 0.1) is 11.3 Å². The highest BCUT2D eigenvalue weighted by atomic mass is 16.2. The molecule has 1 spiro atoms. The zero-order valence-electron chi connectivity index (χ0n) is 14.0. The maximum absolute atomic E-state index is 12.9. The van der Waals surface area contributed by atoms with Crippen molar-refractivity contribution >= 4 is 5.91 Å². The molecule has 124 valence electrons. The van der Waals surface area contributed by atoms with Crippen LogP contribution in [-0.2, 0) is 4.79 Å². The van der Waals surface area contributed by atoms with Crippen molar-refractivity contribution in [2.45, 2.75) is 64.3 Å². The molecule has 4 rings (SSSR count). The van der Waals surface area contributed by atoms with E-state index >= 15 is 0 Å². The summed E-state index contributed by atoms with van der Waals surface area (Å²) >= 11 is 0. The Hall–Kier alpha value is -1.65. The van der Waals surface area contributed by atoms with E-state index in [4.69, 9.17) is 0 Å². The third-order valence-corrected chi connectivity index (χ3v) is 6.06. The lowest BCUT2D eigenvalue weighted by Crippen LogP contribution is -2.35. The number of aromatic nitrogens is 2. The maximum atomic E-state index is 12.9. The van der Waals surface area contributed by atoms with Gasteiger partial charge in [0.05, 0.1) is 11.7 Å². The highest BCUT2D eigenvalue weighted by Crippen LogP contribution is 2.66. The van der Waals surface area contributed by atoms with Crippen molar-refractivity contribution in [2.75, 3.05) is 6.54 Å². The number of rotatable bonds is 3. The summed E-state index contributed by atoms with van der Waals surface area (Å²) < 4.78 is 0. The lowest BCUT2D eigenvalue weighted by atomic mass is 9.79. The van der Waals surface area contributed by atoms with Crippen LogP contribution in [0.5, 0.6) is 0 Å². The second kappa shape index (κ2) is 5.18. The van der Waals surface area contributed by atoms with Gasteiger partial charge in [0.25, 0.3) is 5.56 Å². The molecular weight excluding hydrogens is 290 g/mol. The Morgan fingerprint density at radius 3 is 2.78 bits per heavy atom. The van der Waals surface area contributed by atoms with Gasteiger partial charge in [-0.1, -0.05) is 20.3 Å². The van der Waals surface area contributed by atoms with E-state index in [1.165, 1.54) is 19.3 Å². The van der Waals surface area contributed by atoms with Crippen LogP contribution in [0.2, 0.25) is 0 Å². The van der Waals surface area contributed by atoms with E-state index < -0.39 is 0 Å². The number of hydrogen-bond donors (Lipinski definition) is 1. The second-order valence-electron chi connectivity index (χ2n) is 7.87. The Labute approximate surface area is 136 Å². The third-order valence-electron chi connectivity index (χ3n) is 6.06. The normalized spacial score (nSPS) is 28.2. The minimum Gasteiger partial charge on any atom is -0.332 e. The van der Waals surface area contributed by atoms with Gasteiger partial charge in [0.1, 0.15) is 5.82 Å². The first-order valence-electron chi connectivity index (χ1n) is 8.92. The molecule has 0 radical (unpaired) electrons. The van der Waals surface area contributed by atoms with Crippen molar-refractivity contribution in [3.63, 3.8) is 0 Å². The van der Waals surface area contributed by atoms with Gasteiger partial charge in [0.2, 0.25) is 5.91 Å². The molecule has 1 aliphatic heterocycles. The predicted octanol–water partition coefficient (Wildman–Crippen LogP) is 2.75. The third kappa shape index (κ3) is 2.41. The molecule has 23 heavy (non-hydrogen) atoms. The van der Waals surface area contributed by atoms with Crippen molar-refractivity contribution in [2.24, 2.45) is 11.3 Å². The van der Waals surface area contributed by atoms with Gasteiger partial charge in [0.15, 0.2) is 0 Å². The summed E-state index contributed by atoms with van der Waals surface area (Å²) in [6.07, 6.45) is 6.69. The smallest absolute Gasteiger partial charge is 0.251 e. The number of amides is 1. The molecule has 0 aromatic carbocycles. The standard InChI is InChI=1S/C18H25N3O2/c1-11(2)13-9-15(22)20-16(19-13)14-5-3-8-21(14)17(23)12-10-18(12)6-4-7-18/h9,11-12,14H,3-8,10H2,1-2H3,(H,19,20,22)/t12-,14+/m1/s1. The first kappa shape index (κ1) is 14.9. The average Bonchev–Trinajstić information content (AvgIpc) is 3.07. The monoisotopic (exact) mass is 315 g/mol. The number of hydrogen-bond acceptors (Lipinski definition) is 3. The van der Waals surface area contributed by atoms with E-state index in [0.29, 0.717) is 17.1 Å².